The summed E-state index contributed by atoms with van der Waals surface area (Å²) in [5.74, 6) is 0.0665. The average Bonchev–Trinajstić information content (AvgIpc) is 2.92. The number of pyridine rings is 1. The van der Waals surface area contributed by atoms with E-state index in [4.69, 9.17) is 0 Å². The van der Waals surface area contributed by atoms with Gasteiger partial charge in [0.1, 0.15) is 5.69 Å². The molecule has 0 amide bonds. The van der Waals surface area contributed by atoms with Gasteiger partial charge in [0, 0.05) is 18.8 Å². The van der Waals surface area contributed by atoms with Crippen molar-refractivity contribution in [3.05, 3.63) is 47.0 Å². The SMILES string of the molecule is O=C1CCc2nn(Cc3ccc(C(F)(F)F)nc3)cc21. The van der Waals surface area contributed by atoms with Gasteiger partial charge in [-0.2, -0.15) is 18.3 Å². The number of nitrogens with zero attached hydrogens (tertiary/aromatic N) is 3. The smallest absolute Gasteiger partial charge is 0.294 e. The van der Waals surface area contributed by atoms with Gasteiger partial charge in [0.05, 0.1) is 17.8 Å². The molecule has 2 aromatic heterocycles. The van der Waals surface area contributed by atoms with Gasteiger partial charge in [0.25, 0.3) is 0 Å². The maximum Gasteiger partial charge on any atom is 0.433 e. The molecule has 0 aliphatic heterocycles. The van der Waals surface area contributed by atoms with Crippen LogP contribution in [0.5, 0.6) is 0 Å². The number of hydrogen-bond acceptors (Lipinski definition) is 3. The fourth-order valence-corrected chi connectivity index (χ4v) is 2.20. The molecule has 0 aromatic carbocycles. The molecule has 0 N–H and O–H groups in total. The zero-order chi connectivity index (χ0) is 14.3. The Hall–Kier alpha value is -2.18. The van der Waals surface area contributed by atoms with Crippen LogP contribution in [0.1, 0.15) is 33.7 Å². The van der Waals surface area contributed by atoms with Crippen LogP contribution in [0.4, 0.5) is 13.2 Å². The van der Waals surface area contributed by atoms with Crippen molar-refractivity contribution in [1.82, 2.24) is 14.8 Å². The first kappa shape index (κ1) is 12.8. The predicted octanol–water partition coefficient (Wildman–Crippen LogP) is 2.47. The van der Waals surface area contributed by atoms with Gasteiger partial charge in [-0.25, -0.2) is 0 Å². The van der Waals surface area contributed by atoms with Crippen LogP contribution in [-0.2, 0) is 19.1 Å². The van der Waals surface area contributed by atoms with E-state index in [1.165, 1.54) is 12.3 Å². The number of ketones is 1. The number of carbonyl (C=O) groups is 1. The van der Waals surface area contributed by atoms with Gasteiger partial charge in [0.15, 0.2) is 5.78 Å². The number of halogens is 3. The van der Waals surface area contributed by atoms with E-state index in [0.29, 0.717) is 30.5 Å². The van der Waals surface area contributed by atoms with Crippen molar-refractivity contribution in [1.29, 1.82) is 0 Å². The fourth-order valence-electron chi connectivity index (χ4n) is 2.20. The minimum atomic E-state index is -4.43. The van der Waals surface area contributed by atoms with Crippen molar-refractivity contribution in [2.75, 3.05) is 0 Å². The zero-order valence-corrected chi connectivity index (χ0v) is 10.3. The van der Waals surface area contributed by atoms with Crippen LogP contribution in [0.25, 0.3) is 0 Å². The molecule has 0 unspecified atom stereocenters. The summed E-state index contributed by atoms with van der Waals surface area (Å²) in [6.07, 6.45) is -0.496. The fraction of sp³-hybridized carbons (Fsp3) is 0.308. The summed E-state index contributed by atoms with van der Waals surface area (Å²) in [6, 6.07) is 2.31. The monoisotopic (exact) mass is 281 g/mol. The molecule has 0 radical (unpaired) electrons. The first-order valence-electron chi connectivity index (χ1n) is 6.05. The Morgan fingerprint density at radius 3 is 2.65 bits per heavy atom. The highest BCUT2D eigenvalue weighted by molar-refractivity contribution is 5.99. The minimum Gasteiger partial charge on any atom is -0.294 e. The van der Waals surface area contributed by atoms with Crippen molar-refractivity contribution in [3.8, 4) is 0 Å². The molecule has 0 fully saturated rings. The van der Waals surface area contributed by atoms with E-state index >= 15 is 0 Å². The van der Waals surface area contributed by atoms with Crippen LogP contribution >= 0.6 is 0 Å². The van der Waals surface area contributed by atoms with Crippen molar-refractivity contribution in [3.63, 3.8) is 0 Å². The maximum atomic E-state index is 12.4. The van der Waals surface area contributed by atoms with Gasteiger partial charge in [-0.05, 0) is 18.1 Å². The van der Waals surface area contributed by atoms with Crippen molar-refractivity contribution >= 4 is 5.78 Å². The van der Waals surface area contributed by atoms with Crippen molar-refractivity contribution in [2.24, 2.45) is 0 Å². The van der Waals surface area contributed by atoms with Gasteiger partial charge in [-0.15, -0.1) is 0 Å². The number of rotatable bonds is 2. The minimum absolute atomic E-state index is 0.0665. The summed E-state index contributed by atoms with van der Waals surface area (Å²) in [5.41, 5.74) is 1.06. The van der Waals surface area contributed by atoms with Gasteiger partial charge in [0.2, 0.25) is 0 Å². The second-order valence-electron chi connectivity index (χ2n) is 4.66. The zero-order valence-electron chi connectivity index (χ0n) is 10.3. The number of alkyl halides is 3. The molecule has 2 heterocycles. The number of hydrogen-bond donors (Lipinski definition) is 0. The Kier molecular flexibility index (Phi) is 2.84. The predicted molar refractivity (Wildman–Crippen MR) is 63.2 cm³/mol. The molecule has 1 aliphatic rings. The molecule has 0 bridgehead atoms. The molecule has 4 nitrogen and oxygen atoms in total. The van der Waals surface area contributed by atoms with E-state index in [0.717, 1.165) is 11.8 Å². The highest BCUT2D eigenvalue weighted by atomic mass is 19.4. The molecule has 20 heavy (non-hydrogen) atoms. The number of fused-ring (bicyclic) bond motifs is 1. The second kappa shape index (κ2) is 4.43. The molecule has 3 rings (SSSR count). The highest BCUT2D eigenvalue weighted by Crippen LogP contribution is 2.27. The Morgan fingerprint density at radius 2 is 2.05 bits per heavy atom. The van der Waals surface area contributed by atoms with Gasteiger partial charge in [-0.1, -0.05) is 6.07 Å². The molecule has 104 valence electrons. The number of carbonyl (C=O) groups excluding carboxylic acids is 1. The van der Waals surface area contributed by atoms with Crippen molar-refractivity contribution in [2.45, 2.75) is 25.6 Å². The largest absolute Gasteiger partial charge is 0.433 e. The van der Waals surface area contributed by atoms with Crippen molar-refractivity contribution < 1.29 is 18.0 Å². The molecule has 0 atom stereocenters. The molecular weight excluding hydrogens is 271 g/mol. The van der Waals surface area contributed by atoms with E-state index in [-0.39, 0.29) is 5.78 Å². The lowest BCUT2D eigenvalue weighted by Crippen LogP contribution is -2.09. The normalized spacial score (nSPS) is 14.7. The summed E-state index contributed by atoms with van der Waals surface area (Å²) < 4.78 is 38.7. The first-order valence-corrected chi connectivity index (χ1v) is 6.05. The standard InChI is InChI=1S/C13H10F3N3O/c14-13(15,16)12-4-1-8(5-17-12)6-19-7-9-10(18-19)2-3-11(9)20/h1,4-5,7H,2-3,6H2. The quantitative estimate of drug-likeness (QED) is 0.849. The molecule has 1 aliphatic carbocycles. The van der Waals surface area contributed by atoms with Gasteiger partial charge in [-0.3, -0.25) is 14.5 Å². The third kappa shape index (κ3) is 2.31. The van der Waals surface area contributed by atoms with E-state index in [2.05, 4.69) is 10.1 Å². The molecule has 0 saturated carbocycles. The Morgan fingerprint density at radius 1 is 1.25 bits per heavy atom. The van der Waals surface area contributed by atoms with Crippen LogP contribution in [-0.4, -0.2) is 20.5 Å². The summed E-state index contributed by atoms with van der Waals surface area (Å²) in [5, 5.41) is 4.25. The van der Waals surface area contributed by atoms with Crippen LogP contribution < -0.4 is 0 Å². The lowest BCUT2D eigenvalue weighted by Gasteiger charge is -2.06. The summed E-state index contributed by atoms with van der Waals surface area (Å²) in [7, 11) is 0. The molecule has 0 saturated heterocycles. The molecule has 2 aromatic rings. The molecule has 0 spiro atoms. The lowest BCUT2D eigenvalue weighted by molar-refractivity contribution is -0.141. The third-order valence-electron chi connectivity index (χ3n) is 3.19. The van der Waals surface area contributed by atoms with Crippen LogP contribution in [0.15, 0.2) is 24.5 Å². The Balaban J connectivity index is 1.78. The molecule has 7 heteroatoms. The average molecular weight is 281 g/mol. The number of Topliss-reactive ketones (excluding diaryl/α,β-unsaturated/α-hetero) is 1. The summed E-state index contributed by atoms with van der Waals surface area (Å²) in [4.78, 5) is 14.9. The summed E-state index contributed by atoms with van der Waals surface area (Å²) >= 11 is 0. The van der Waals surface area contributed by atoms with E-state index < -0.39 is 11.9 Å². The maximum absolute atomic E-state index is 12.4. The lowest BCUT2D eigenvalue weighted by atomic mass is 10.2. The van der Waals surface area contributed by atoms with Gasteiger partial charge >= 0.3 is 6.18 Å². The number of aromatic nitrogens is 3. The van der Waals surface area contributed by atoms with Gasteiger partial charge < -0.3 is 0 Å². The van der Waals surface area contributed by atoms with Crippen LogP contribution in [0, 0.1) is 0 Å². The Bertz CT molecular complexity index is 658. The van der Waals surface area contributed by atoms with Crippen LogP contribution in [0.2, 0.25) is 0 Å². The topological polar surface area (TPSA) is 47.8 Å². The second-order valence-corrected chi connectivity index (χ2v) is 4.66. The summed E-state index contributed by atoms with van der Waals surface area (Å²) in [6.45, 7) is 0.297. The number of aryl methyl sites for hydroxylation is 1. The Labute approximate surface area is 112 Å². The first-order chi connectivity index (χ1) is 9.43. The highest BCUT2D eigenvalue weighted by Gasteiger charge is 2.32. The van der Waals surface area contributed by atoms with E-state index in [9.17, 15) is 18.0 Å². The van der Waals surface area contributed by atoms with Crippen LogP contribution in [0.3, 0.4) is 0 Å². The molecular formula is C13H10F3N3O. The van der Waals surface area contributed by atoms with E-state index in [1.54, 1.807) is 10.9 Å². The third-order valence-corrected chi connectivity index (χ3v) is 3.19. The van der Waals surface area contributed by atoms with E-state index in [1.807, 2.05) is 0 Å².